The first-order valence-corrected chi connectivity index (χ1v) is 6.97. The van der Waals surface area contributed by atoms with Crippen LogP contribution in [-0.2, 0) is 9.59 Å². The van der Waals surface area contributed by atoms with Crippen molar-refractivity contribution in [3.05, 3.63) is 0 Å². The number of carbonyl (C=O) groups excluding carboxylic acids is 2. The maximum absolute atomic E-state index is 11.8. The van der Waals surface area contributed by atoms with Gasteiger partial charge in [-0.1, -0.05) is 0 Å². The molecule has 0 radical (unpaired) electrons. The summed E-state index contributed by atoms with van der Waals surface area (Å²) in [6, 6.07) is 0.178. The first kappa shape index (κ1) is 22.7. The molecule has 1 aliphatic heterocycles. The Kier molecular flexibility index (Phi) is 13.0. The molecule has 2 amide bonds. The highest BCUT2D eigenvalue weighted by atomic mass is 35.5. The van der Waals surface area contributed by atoms with Crippen molar-refractivity contribution in [3.63, 3.8) is 0 Å². The van der Waals surface area contributed by atoms with Gasteiger partial charge in [0.2, 0.25) is 11.8 Å². The summed E-state index contributed by atoms with van der Waals surface area (Å²) in [5, 5.41) is 5.86. The van der Waals surface area contributed by atoms with Gasteiger partial charge in [0.1, 0.15) is 0 Å². The molecule has 0 spiro atoms. The minimum Gasteiger partial charge on any atom is -0.353 e. The van der Waals surface area contributed by atoms with Gasteiger partial charge in [0, 0.05) is 45.2 Å². The molecule has 1 saturated heterocycles. The Morgan fingerprint density at radius 1 is 1.10 bits per heavy atom. The van der Waals surface area contributed by atoms with E-state index in [-0.39, 0.29) is 42.7 Å². The smallest absolute Gasteiger partial charge is 0.234 e. The van der Waals surface area contributed by atoms with Crippen molar-refractivity contribution in [2.45, 2.75) is 26.3 Å². The summed E-state index contributed by atoms with van der Waals surface area (Å²) < 4.78 is 0. The van der Waals surface area contributed by atoms with Crippen LogP contribution in [0.15, 0.2) is 0 Å². The van der Waals surface area contributed by atoms with Gasteiger partial charge >= 0.3 is 0 Å². The number of piperazine rings is 1. The predicted octanol–water partition coefficient (Wildman–Crippen LogP) is 0.108. The lowest BCUT2D eigenvalue weighted by molar-refractivity contribution is -0.133. The summed E-state index contributed by atoms with van der Waals surface area (Å²) in [5.41, 5.74) is 0. The molecule has 0 aromatic heterocycles. The van der Waals surface area contributed by atoms with Crippen LogP contribution in [0.5, 0.6) is 0 Å². The standard InChI is InChI=1S/C13H26N4O2.2ClH/c1-11(2)15-12(18)10-16-6-8-17(9-7-16)13(19)4-5-14-3;;/h11,14H,4-10H2,1-3H3,(H,15,18);2*1H. The molecule has 6 nitrogen and oxygen atoms in total. The van der Waals surface area contributed by atoms with Crippen LogP contribution < -0.4 is 10.6 Å². The summed E-state index contributed by atoms with van der Waals surface area (Å²) >= 11 is 0. The normalized spacial score (nSPS) is 15.1. The van der Waals surface area contributed by atoms with Crippen LogP contribution >= 0.6 is 24.8 Å². The van der Waals surface area contributed by atoms with Crippen LogP contribution in [-0.4, -0.2) is 74.0 Å². The molecule has 0 unspecified atom stereocenters. The molecule has 0 bridgehead atoms. The maximum atomic E-state index is 11.8. The Bertz CT molecular complexity index is 309. The van der Waals surface area contributed by atoms with Gasteiger partial charge in [-0.2, -0.15) is 0 Å². The highest BCUT2D eigenvalue weighted by molar-refractivity contribution is 5.85. The van der Waals surface area contributed by atoms with Crippen LogP contribution in [0.25, 0.3) is 0 Å². The molecule has 0 aromatic carbocycles. The molecule has 21 heavy (non-hydrogen) atoms. The minimum atomic E-state index is 0. The first-order valence-electron chi connectivity index (χ1n) is 6.97. The van der Waals surface area contributed by atoms with Crippen molar-refractivity contribution in [2.24, 2.45) is 0 Å². The summed E-state index contributed by atoms with van der Waals surface area (Å²) in [5.74, 6) is 0.255. The predicted molar refractivity (Wildman–Crippen MR) is 89.3 cm³/mol. The number of nitrogens with zero attached hydrogens (tertiary/aromatic N) is 2. The van der Waals surface area contributed by atoms with Gasteiger partial charge in [0.25, 0.3) is 0 Å². The molecular formula is C13H28Cl2N4O2. The molecule has 8 heteroatoms. The van der Waals surface area contributed by atoms with Crippen molar-refractivity contribution >= 4 is 36.6 Å². The Hall–Kier alpha value is -0.560. The lowest BCUT2D eigenvalue weighted by atomic mass is 10.2. The van der Waals surface area contributed by atoms with Gasteiger partial charge in [-0.3, -0.25) is 14.5 Å². The van der Waals surface area contributed by atoms with E-state index in [4.69, 9.17) is 0 Å². The molecule has 0 aromatic rings. The number of halogens is 2. The van der Waals surface area contributed by atoms with Gasteiger partial charge in [0.05, 0.1) is 6.54 Å². The SMILES string of the molecule is CNCCC(=O)N1CCN(CC(=O)NC(C)C)CC1.Cl.Cl. The van der Waals surface area contributed by atoms with Crippen molar-refractivity contribution in [1.29, 1.82) is 0 Å². The fourth-order valence-electron chi connectivity index (χ4n) is 2.12. The fraction of sp³-hybridized carbons (Fsp3) is 0.846. The molecule has 2 N–H and O–H groups in total. The molecule has 126 valence electrons. The summed E-state index contributed by atoms with van der Waals surface area (Å²) in [7, 11) is 1.85. The van der Waals surface area contributed by atoms with Crippen LogP contribution in [0.2, 0.25) is 0 Å². The Morgan fingerprint density at radius 3 is 2.14 bits per heavy atom. The second-order valence-corrected chi connectivity index (χ2v) is 5.23. The zero-order chi connectivity index (χ0) is 14.3. The van der Waals surface area contributed by atoms with E-state index in [0.717, 1.165) is 32.7 Å². The number of rotatable bonds is 6. The molecular weight excluding hydrogens is 315 g/mol. The van der Waals surface area contributed by atoms with Crippen molar-refractivity contribution < 1.29 is 9.59 Å². The second-order valence-electron chi connectivity index (χ2n) is 5.23. The molecule has 1 fully saturated rings. The minimum absolute atomic E-state index is 0. The summed E-state index contributed by atoms with van der Waals surface area (Å²) in [4.78, 5) is 27.4. The quantitative estimate of drug-likeness (QED) is 0.719. The zero-order valence-corrected chi connectivity index (χ0v) is 14.7. The molecule has 0 atom stereocenters. The number of amides is 2. The number of nitrogens with one attached hydrogen (secondary N) is 2. The Balaban J connectivity index is 0. The third-order valence-corrected chi connectivity index (χ3v) is 3.13. The van der Waals surface area contributed by atoms with Crippen LogP contribution in [0.4, 0.5) is 0 Å². The molecule has 1 aliphatic rings. The summed E-state index contributed by atoms with van der Waals surface area (Å²) in [6.45, 7) is 8.04. The van der Waals surface area contributed by atoms with Gasteiger partial charge in [-0.05, 0) is 20.9 Å². The third kappa shape index (κ3) is 9.14. The third-order valence-electron chi connectivity index (χ3n) is 3.13. The topological polar surface area (TPSA) is 64.7 Å². The highest BCUT2D eigenvalue weighted by Gasteiger charge is 2.21. The zero-order valence-electron chi connectivity index (χ0n) is 13.1. The van der Waals surface area contributed by atoms with Gasteiger partial charge < -0.3 is 15.5 Å². The van der Waals surface area contributed by atoms with E-state index in [0.29, 0.717) is 13.0 Å². The van der Waals surface area contributed by atoms with E-state index in [1.54, 1.807) is 0 Å². The van der Waals surface area contributed by atoms with Crippen molar-refractivity contribution in [1.82, 2.24) is 20.4 Å². The lowest BCUT2D eigenvalue weighted by Crippen LogP contribution is -2.51. The first-order chi connectivity index (χ1) is 9.02. The maximum Gasteiger partial charge on any atom is 0.234 e. The van der Waals surface area contributed by atoms with E-state index in [1.165, 1.54) is 0 Å². The monoisotopic (exact) mass is 342 g/mol. The average Bonchev–Trinajstić information content (AvgIpc) is 2.35. The number of hydrogen-bond acceptors (Lipinski definition) is 4. The van der Waals surface area contributed by atoms with Gasteiger partial charge in [-0.25, -0.2) is 0 Å². The summed E-state index contributed by atoms with van der Waals surface area (Å²) in [6.07, 6.45) is 0.546. The second kappa shape index (κ2) is 12.0. The Morgan fingerprint density at radius 2 is 1.67 bits per heavy atom. The van der Waals surface area contributed by atoms with E-state index in [2.05, 4.69) is 15.5 Å². The average molecular weight is 343 g/mol. The lowest BCUT2D eigenvalue weighted by Gasteiger charge is -2.34. The van der Waals surface area contributed by atoms with E-state index < -0.39 is 0 Å². The van der Waals surface area contributed by atoms with Crippen molar-refractivity contribution in [2.75, 3.05) is 46.3 Å². The van der Waals surface area contributed by atoms with Crippen LogP contribution in [0, 0.1) is 0 Å². The number of hydrogen-bond donors (Lipinski definition) is 2. The molecule has 1 rings (SSSR count). The van der Waals surface area contributed by atoms with Gasteiger partial charge in [-0.15, -0.1) is 24.8 Å². The van der Waals surface area contributed by atoms with Crippen LogP contribution in [0.1, 0.15) is 20.3 Å². The van der Waals surface area contributed by atoms with Gasteiger partial charge in [0.15, 0.2) is 0 Å². The van der Waals surface area contributed by atoms with Crippen molar-refractivity contribution in [3.8, 4) is 0 Å². The van der Waals surface area contributed by atoms with E-state index in [1.807, 2.05) is 25.8 Å². The van der Waals surface area contributed by atoms with E-state index >= 15 is 0 Å². The molecule has 0 saturated carbocycles. The fourth-order valence-corrected chi connectivity index (χ4v) is 2.12. The van der Waals surface area contributed by atoms with E-state index in [9.17, 15) is 9.59 Å². The largest absolute Gasteiger partial charge is 0.353 e. The number of carbonyl (C=O) groups is 2. The highest BCUT2D eigenvalue weighted by Crippen LogP contribution is 2.03. The Labute approximate surface area is 139 Å². The molecule has 0 aliphatic carbocycles. The molecule has 1 heterocycles. The van der Waals surface area contributed by atoms with Crippen LogP contribution in [0.3, 0.4) is 0 Å².